The molecular weight excluding hydrogens is 420 g/mol. The third-order valence-corrected chi connectivity index (χ3v) is 5.80. The van der Waals surface area contributed by atoms with Gasteiger partial charge in [-0.3, -0.25) is 4.79 Å². The predicted molar refractivity (Wildman–Crippen MR) is 124 cm³/mol. The summed E-state index contributed by atoms with van der Waals surface area (Å²) in [6.07, 6.45) is -0.163. The number of benzene rings is 2. The van der Waals surface area contributed by atoms with Crippen LogP contribution in [0.2, 0.25) is 0 Å². The molecule has 33 heavy (non-hydrogen) atoms. The topological polar surface area (TPSA) is 105 Å². The van der Waals surface area contributed by atoms with Gasteiger partial charge >= 0.3 is 12.1 Å². The Balaban J connectivity index is 1.55. The molecule has 7 heteroatoms. The van der Waals surface area contributed by atoms with Crippen LogP contribution in [0, 0.1) is 17.8 Å². The molecule has 3 rings (SSSR count). The largest absolute Gasteiger partial charge is 0.480 e. The number of rotatable bonds is 9. The number of carboxylic acid groups (broad SMARTS) is 1. The van der Waals surface area contributed by atoms with E-state index >= 15 is 0 Å². The number of nitrogens with one attached hydrogen (secondary N) is 2. The lowest BCUT2D eigenvalue weighted by Crippen LogP contribution is -2.46. The van der Waals surface area contributed by atoms with Crippen molar-refractivity contribution in [1.82, 2.24) is 10.6 Å². The minimum atomic E-state index is -1.15. The van der Waals surface area contributed by atoms with Crippen LogP contribution < -0.4 is 10.6 Å². The van der Waals surface area contributed by atoms with E-state index in [1.807, 2.05) is 36.4 Å². The minimum Gasteiger partial charge on any atom is -0.480 e. The highest BCUT2D eigenvalue weighted by Crippen LogP contribution is 2.44. The van der Waals surface area contributed by atoms with Gasteiger partial charge in [0.05, 0.1) is 5.92 Å². The summed E-state index contributed by atoms with van der Waals surface area (Å²) >= 11 is 0. The third-order valence-electron chi connectivity index (χ3n) is 5.80. The van der Waals surface area contributed by atoms with Crippen molar-refractivity contribution in [1.29, 1.82) is 0 Å². The zero-order valence-corrected chi connectivity index (χ0v) is 18.8. The van der Waals surface area contributed by atoms with Crippen molar-refractivity contribution in [2.45, 2.75) is 38.6 Å². The molecular formula is C26H28N2O5. The molecule has 0 aliphatic heterocycles. The van der Waals surface area contributed by atoms with E-state index in [2.05, 4.69) is 34.6 Å². The van der Waals surface area contributed by atoms with Gasteiger partial charge in [-0.05, 0) is 35.6 Å². The van der Waals surface area contributed by atoms with Crippen molar-refractivity contribution in [2.24, 2.45) is 5.92 Å². The van der Waals surface area contributed by atoms with Crippen LogP contribution in [-0.4, -0.2) is 42.3 Å². The lowest BCUT2D eigenvalue weighted by molar-refractivity contribution is -0.142. The summed E-state index contributed by atoms with van der Waals surface area (Å²) in [5.41, 5.74) is 4.52. The molecule has 172 valence electrons. The number of alkyl carbamates (subject to hydrolysis) is 1. The second kappa shape index (κ2) is 11.2. The van der Waals surface area contributed by atoms with Crippen molar-refractivity contribution in [3.05, 3.63) is 59.7 Å². The standard InChI is InChI=1S/C26H28N2O5/c1-3-5-14-23(25(30)31)28-24(29)17(4-2)15-27-26(32)33-16-22-20-12-8-6-10-18(20)19-11-7-9-13-21(19)22/h6-13,17,22-23H,4,14-16H2,1-2H3,(H,27,32)(H,28,29)(H,30,31). The van der Waals surface area contributed by atoms with Gasteiger partial charge in [-0.25, -0.2) is 9.59 Å². The van der Waals surface area contributed by atoms with Crippen molar-refractivity contribution in [3.63, 3.8) is 0 Å². The molecule has 7 nitrogen and oxygen atoms in total. The second-order valence-corrected chi connectivity index (χ2v) is 7.84. The van der Waals surface area contributed by atoms with Gasteiger partial charge < -0.3 is 20.5 Å². The van der Waals surface area contributed by atoms with Crippen LogP contribution in [0.4, 0.5) is 4.79 Å². The van der Waals surface area contributed by atoms with Gasteiger partial charge in [-0.2, -0.15) is 0 Å². The summed E-state index contributed by atoms with van der Waals surface area (Å²) in [5.74, 6) is 3.06. The lowest BCUT2D eigenvalue weighted by Gasteiger charge is -2.19. The van der Waals surface area contributed by atoms with Gasteiger partial charge in [0.25, 0.3) is 0 Å². The summed E-state index contributed by atoms with van der Waals surface area (Å²) < 4.78 is 5.49. The summed E-state index contributed by atoms with van der Waals surface area (Å²) in [6.45, 7) is 3.63. The SMILES string of the molecule is CC#CCC(NC(=O)C(CC)CNC(=O)OCC1c2ccccc2-c2ccccc21)C(=O)O. The highest BCUT2D eigenvalue weighted by Gasteiger charge is 2.29. The fraction of sp³-hybridized carbons (Fsp3) is 0.346. The number of hydrogen-bond acceptors (Lipinski definition) is 4. The van der Waals surface area contributed by atoms with Gasteiger partial charge in [-0.15, -0.1) is 11.8 Å². The Morgan fingerprint density at radius 3 is 2.21 bits per heavy atom. The summed E-state index contributed by atoms with van der Waals surface area (Å²) in [6, 6.07) is 15.0. The molecule has 2 unspecified atom stereocenters. The average Bonchev–Trinajstić information content (AvgIpc) is 3.14. The van der Waals surface area contributed by atoms with E-state index in [1.54, 1.807) is 13.8 Å². The van der Waals surface area contributed by atoms with Gasteiger partial charge in [0.15, 0.2) is 0 Å². The number of carbonyl (C=O) groups excluding carboxylic acids is 2. The minimum absolute atomic E-state index is 0.0216. The van der Waals surface area contributed by atoms with Crippen LogP contribution in [0.5, 0.6) is 0 Å². The fourth-order valence-corrected chi connectivity index (χ4v) is 3.97. The Bertz CT molecular complexity index is 1040. The molecule has 2 amide bonds. The zero-order valence-electron chi connectivity index (χ0n) is 18.8. The van der Waals surface area contributed by atoms with Crippen molar-refractivity contribution in [2.75, 3.05) is 13.2 Å². The van der Waals surface area contributed by atoms with Crippen LogP contribution in [-0.2, 0) is 14.3 Å². The molecule has 0 heterocycles. The summed E-state index contributed by atoms with van der Waals surface area (Å²) in [5, 5.41) is 14.4. The average molecular weight is 449 g/mol. The third kappa shape index (κ3) is 5.72. The van der Waals surface area contributed by atoms with Gasteiger partial charge in [0.1, 0.15) is 12.6 Å². The fourth-order valence-electron chi connectivity index (χ4n) is 3.97. The van der Waals surface area contributed by atoms with Crippen LogP contribution in [0.25, 0.3) is 11.1 Å². The molecule has 0 radical (unpaired) electrons. The smallest absolute Gasteiger partial charge is 0.407 e. The summed E-state index contributed by atoms with van der Waals surface area (Å²) in [7, 11) is 0. The van der Waals surface area contributed by atoms with E-state index in [0.717, 1.165) is 22.3 Å². The monoisotopic (exact) mass is 448 g/mol. The zero-order chi connectivity index (χ0) is 23.8. The van der Waals surface area contributed by atoms with Crippen molar-refractivity contribution >= 4 is 18.0 Å². The second-order valence-electron chi connectivity index (χ2n) is 7.84. The first-order valence-electron chi connectivity index (χ1n) is 11.0. The molecule has 1 aliphatic rings. The van der Waals surface area contributed by atoms with Crippen LogP contribution in [0.3, 0.4) is 0 Å². The Labute approximate surface area is 193 Å². The number of amides is 2. The number of carbonyl (C=O) groups is 3. The van der Waals surface area contributed by atoms with E-state index < -0.39 is 29.9 Å². The quantitative estimate of drug-likeness (QED) is 0.509. The van der Waals surface area contributed by atoms with E-state index in [4.69, 9.17) is 4.74 Å². The van der Waals surface area contributed by atoms with Crippen LogP contribution in [0.15, 0.2) is 48.5 Å². The molecule has 1 aliphatic carbocycles. The highest BCUT2D eigenvalue weighted by atomic mass is 16.5. The molecule has 0 bridgehead atoms. The van der Waals surface area contributed by atoms with E-state index in [0.29, 0.717) is 6.42 Å². The van der Waals surface area contributed by atoms with E-state index in [-0.39, 0.29) is 25.5 Å². The van der Waals surface area contributed by atoms with Gasteiger partial charge in [0.2, 0.25) is 5.91 Å². The molecule has 3 N–H and O–H groups in total. The highest BCUT2D eigenvalue weighted by molar-refractivity contribution is 5.85. The van der Waals surface area contributed by atoms with Gasteiger partial charge in [0, 0.05) is 18.9 Å². The first kappa shape index (κ1) is 23.9. The number of ether oxygens (including phenoxy) is 1. The lowest BCUT2D eigenvalue weighted by atomic mass is 9.98. The Morgan fingerprint density at radius 2 is 1.67 bits per heavy atom. The number of aliphatic carboxylic acids is 1. The number of fused-ring (bicyclic) bond motifs is 3. The van der Waals surface area contributed by atoms with E-state index in [9.17, 15) is 19.5 Å². The van der Waals surface area contributed by atoms with Crippen LogP contribution >= 0.6 is 0 Å². The maximum Gasteiger partial charge on any atom is 0.407 e. The van der Waals surface area contributed by atoms with Crippen molar-refractivity contribution in [3.8, 4) is 23.0 Å². The molecule has 0 saturated carbocycles. The van der Waals surface area contributed by atoms with Gasteiger partial charge in [-0.1, -0.05) is 55.5 Å². The Morgan fingerprint density at radius 1 is 1.06 bits per heavy atom. The maximum absolute atomic E-state index is 12.5. The molecule has 0 fully saturated rings. The number of hydrogen-bond donors (Lipinski definition) is 3. The van der Waals surface area contributed by atoms with Crippen LogP contribution in [0.1, 0.15) is 43.7 Å². The predicted octanol–water partition coefficient (Wildman–Crippen LogP) is 3.53. The first-order valence-corrected chi connectivity index (χ1v) is 11.0. The van der Waals surface area contributed by atoms with Crippen molar-refractivity contribution < 1.29 is 24.2 Å². The number of carboxylic acids is 1. The van der Waals surface area contributed by atoms with E-state index in [1.165, 1.54) is 0 Å². The molecule has 2 atom stereocenters. The molecule has 2 aromatic rings. The summed E-state index contributed by atoms with van der Waals surface area (Å²) in [4.78, 5) is 36.2. The normalized spacial score (nSPS) is 13.5. The molecule has 0 spiro atoms. The first-order chi connectivity index (χ1) is 16.0. The molecule has 0 saturated heterocycles. The molecule has 0 aromatic heterocycles. The Kier molecular flexibility index (Phi) is 8.09. The molecule has 2 aromatic carbocycles. The maximum atomic E-state index is 12.5. The Hall–Kier alpha value is -3.79.